The number of hydrogen-bond donors (Lipinski definition) is 2. The number of pyridine rings is 2. The third kappa shape index (κ3) is 4.42. The van der Waals surface area contributed by atoms with E-state index in [1.54, 1.807) is 12.4 Å². The summed E-state index contributed by atoms with van der Waals surface area (Å²) in [4.78, 5) is 11.2. The third-order valence-corrected chi connectivity index (χ3v) is 3.76. The van der Waals surface area contributed by atoms with E-state index in [0.717, 1.165) is 37.7 Å². The molecular formula is C18H25N5. The van der Waals surface area contributed by atoms with E-state index in [1.165, 1.54) is 11.3 Å². The first-order valence-electron chi connectivity index (χ1n) is 8.12. The lowest BCUT2D eigenvalue weighted by molar-refractivity contribution is 0.192. The van der Waals surface area contributed by atoms with E-state index in [9.17, 15) is 0 Å². The van der Waals surface area contributed by atoms with Crippen molar-refractivity contribution in [1.29, 1.82) is 0 Å². The van der Waals surface area contributed by atoms with Crippen molar-refractivity contribution < 1.29 is 0 Å². The summed E-state index contributed by atoms with van der Waals surface area (Å²) in [6.45, 7) is 10.9. The predicted molar refractivity (Wildman–Crippen MR) is 95.0 cm³/mol. The van der Waals surface area contributed by atoms with Gasteiger partial charge in [0.25, 0.3) is 0 Å². The molecule has 0 saturated carbocycles. The van der Waals surface area contributed by atoms with Gasteiger partial charge in [-0.1, -0.05) is 20.8 Å². The Bertz CT molecular complexity index is 648. The van der Waals surface area contributed by atoms with E-state index in [0.29, 0.717) is 5.41 Å². The highest BCUT2D eigenvalue weighted by atomic mass is 15.2. The van der Waals surface area contributed by atoms with Crippen LogP contribution in [0.15, 0.2) is 36.8 Å². The normalized spacial score (nSPS) is 15.4. The SMILES string of the molecule is CC(C)(C)CN1CCNc2cc(Nc3cccnc3)ncc2C1. The molecule has 2 aromatic heterocycles. The van der Waals surface area contributed by atoms with Gasteiger partial charge in [0.1, 0.15) is 5.82 Å². The minimum atomic E-state index is 0.305. The van der Waals surface area contributed by atoms with Crippen LogP contribution in [-0.4, -0.2) is 34.5 Å². The Morgan fingerprint density at radius 3 is 2.91 bits per heavy atom. The van der Waals surface area contributed by atoms with Crippen molar-refractivity contribution in [2.24, 2.45) is 5.41 Å². The van der Waals surface area contributed by atoms with Crippen LogP contribution in [0.5, 0.6) is 0 Å². The zero-order valence-electron chi connectivity index (χ0n) is 14.1. The lowest BCUT2D eigenvalue weighted by Gasteiger charge is -2.28. The van der Waals surface area contributed by atoms with Gasteiger partial charge < -0.3 is 10.6 Å². The smallest absolute Gasteiger partial charge is 0.132 e. The maximum atomic E-state index is 4.55. The standard InChI is InChI=1S/C18H25N5/c1-18(2,3)13-23-8-7-20-16-9-17(21-10-14(16)12-23)22-15-5-4-6-19-11-15/h4-6,9-11,20H,7-8,12-13H2,1-3H3,(H,21,22). The first-order valence-corrected chi connectivity index (χ1v) is 8.12. The summed E-state index contributed by atoms with van der Waals surface area (Å²) in [5, 5.41) is 6.83. The molecule has 5 nitrogen and oxygen atoms in total. The number of hydrogen-bond acceptors (Lipinski definition) is 5. The minimum absolute atomic E-state index is 0.305. The highest BCUT2D eigenvalue weighted by molar-refractivity contribution is 5.62. The number of anilines is 3. The lowest BCUT2D eigenvalue weighted by Crippen LogP contribution is -2.34. The second-order valence-electron chi connectivity index (χ2n) is 7.29. The Morgan fingerprint density at radius 2 is 2.17 bits per heavy atom. The van der Waals surface area contributed by atoms with Crippen LogP contribution in [0.4, 0.5) is 17.2 Å². The van der Waals surface area contributed by atoms with Gasteiger partial charge in [-0.05, 0) is 17.5 Å². The topological polar surface area (TPSA) is 53.1 Å². The lowest BCUT2D eigenvalue weighted by atomic mass is 9.96. The number of rotatable bonds is 3. The molecule has 0 amide bonds. The molecule has 2 N–H and O–H groups in total. The molecule has 0 saturated heterocycles. The Labute approximate surface area is 138 Å². The molecule has 2 aromatic rings. The second kappa shape index (κ2) is 6.54. The fraction of sp³-hybridized carbons (Fsp3) is 0.444. The first-order chi connectivity index (χ1) is 11.0. The summed E-state index contributed by atoms with van der Waals surface area (Å²) in [7, 11) is 0. The molecule has 1 aliphatic heterocycles. The summed E-state index contributed by atoms with van der Waals surface area (Å²) in [5.41, 5.74) is 3.67. The van der Waals surface area contributed by atoms with Crippen LogP contribution in [-0.2, 0) is 6.54 Å². The molecule has 23 heavy (non-hydrogen) atoms. The fourth-order valence-corrected chi connectivity index (χ4v) is 2.90. The average Bonchev–Trinajstić information content (AvgIpc) is 2.68. The Morgan fingerprint density at radius 1 is 1.30 bits per heavy atom. The van der Waals surface area contributed by atoms with Crippen molar-refractivity contribution in [2.45, 2.75) is 27.3 Å². The quantitative estimate of drug-likeness (QED) is 0.908. The van der Waals surface area contributed by atoms with Crippen LogP contribution in [0.1, 0.15) is 26.3 Å². The van der Waals surface area contributed by atoms with Crippen LogP contribution in [0.2, 0.25) is 0 Å². The number of fused-ring (bicyclic) bond motifs is 1. The summed E-state index contributed by atoms with van der Waals surface area (Å²) in [6.07, 6.45) is 5.54. The van der Waals surface area contributed by atoms with Gasteiger partial charge in [0.15, 0.2) is 0 Å². The molecule has 0 radical (unpaired) electrons. The molecule has 0 spiro atoms. The Kier molecular flexibility index (Phi) is 4.48. The molecule has 1 aliphatic rings. The number of nitrogens with zero attached hydrogens (tertiary/aromatic N) is 3. The minimum Gasteiger partial charge on any atom is -0.383 e. The van der Waals surface area contributed by atoms with Crippen LogP contribution < -0.4 is 10.6 Å². The van der Waals surface area contributed by atoms with E-state index < -0.39 is 0 Å². The van der Waals surface area contributed by atoms with Gasteiger partial charge in [-0.3, -0.25) is 9.88 Å². The average molecular weight is 311 g/mol. The van der Waals surface area contributed by atoms with Crippen LogP contribution in [0.25, 0.3) is 0 Å². The number of aromatic nitrogens is 2. The maximum Gasteiger partial charge on any atom is 0.132 e. The summed E-state index contributed by atoms with van der Waals surface area (Å²) in [5.74, 6) is 0.841. The zero-order valence-corrected chi connectivity index (χ0v) is 14.1. The molecule has 0 bridgehead atoms. The van der Waals surface area contributed by atoms with Gasteiger partial charge in [-0.2, -0.15) is 0 Å². The molecule has 0 atom stereocenters. The maximum absolute atomic E-state index is 4.55. The van der Waals surface area contributed by atoms with Crippen molar-refractivity contribution in [2.75, 3.05) is 30.3 Å². The fourth-order valence-electron chi connectivity index (χ4n) is 2.90. The Hall–Kier alpha value is -2.14. The van der Waals surface area contributed by atoms with Gasteiger partial charge in [0.2, 0.25) is 0 Å². The van der Waals surface area contributed by atoms with Crippen molar-refractivity contribution in [3.63, 3.8) is 0 Å². The van der Waals surface area contributed by atoms with Gasteiger partial charge in [0, 0.05) is 55.9 Å². The third-order valence-electron chi connectivity index (χ3n) is 3.76. The largest absolute Gasteiger partial charge is 0.383 e. The second-order valence-corrected chi connectivity index (χ2v) is 7.29. The van der Waals surface area contributed by atoms with Crippen molar-refractivity contribution in [1.82, 2.24) is 14.9 Å². The van der Waals surface area contributed by atoms with Crippen LogP contribution >= 0.6 is 0 Å². The zero-order chi connectivity index (χ0) is 16.3. The predicted octanol–water partition coefficient (Wildman–Crippen LogP) is 3.49. The summed E-state index contributed by atoms with van der Waals surface area (Å²) in [6, 6.07) is 5.98. The molecule has 3 rings (SSSR count). The van der Waals surface area contributed by atoms with Crippen LogP contribution in [0.3, 0.4) is 0 Å². The van der Waals surface area contributed by atoms with Crippen molar-refractivity contribution in [3.8, 4) is 0 Å². The molecule has 122 valence electrons. The van der Waals surface area contributed by atoms with Gasteiger partial charge >= 0.3 is 0 Å². The highest BCUT2D eigenvalue weighted by Gasteiger charge is 2.20. The number of nitrogens with one attached hydrogen (secondary N) is 2. The molecule has 0 aliphatic carbocycles. The van der Waals surface area contributed by atoms with E-state index in [4.69, 9.17) is 0 Å². The highest BCUT2D eigenvalue weighted by Crippen LogP contribution is 2.26. The molecule has 5 heteroatoms. The molecule has 0 aromatic carbocycles. The van der Waals surface area contributed by atoms with Gasteiger partial charge in [-0.15, -0.1) is 0 Å². The molecule has 0 unspecified atom stereocenters. The van der Waals surface area contributed by atoms with E-state index in [1.807, 2.05) is 18.3 Å². The van der Waals surface area contributed by atoms with Crippen LogP contribution in [0, 0.1) is 5.41 Å². The van der Waals surface area contributed by atoms with Gasteiger partial charge in [-0.25, -0.2) is 4.98 Å². The summed E-state index contributed by atoms with van der Waals surface area (Å²) >= 11 is 0. The first kappa shape index (κ1) is 15.7. The van der Waals surface area contributed by atoms with Gasteiger partial charge in [0.05, 0.1) is 11.9 Å². The molecule has 3 heterocycles. The van der Waals surface area contributed by atoms with Crippen molar-refractivity contribution in [3.05, 3.63) is 42.4 Å². The van der Waals surface area contributed by atoms with E-state index >= 15 is 0 Å². The molecule has 0 fully saturated rings. The van der Waals surface area contributed by atoms with E-state index in [-0.39, 0.29) is 0 Å². The molecular weight excluding hydrogens is 286 g/mol. The Balaban J connectivity index is 1.74. The monoisotopic (exact) mass is 311 g/mol. The van der Waals surface area contributed by atoms with Crippen molar-refractivity contribution >= 4 is 17.2 Å². The van der Waals surface area contributed by atoms with E-state index in [2.05, 4.69) is 52.3 Å². The summed E-state index contributed by atoms with van der Waals surface area (Å²) < 4.78 is 0.